The molecule has 0 radical (unpaired) electrons. The Morgan fingerprint density at radius 2 is 2.14 bits per heavy atom. The van der Waals surface area contributed by atoms with Crippen LogP contribution >= 0.6 is 0 Å². The molecule has 4 heteroatoms. The standard InChI is InChI=1S/C18H21N2O2/c1-19(2)12-11-17-15-8-4-6-10-18(15)22-13-14-7-3-5-9-16(14)20(17)21/h3-6,8-10,13,17H,7,11-12H2,1-2H3/q+1/b14-13-. The van der Waals surface area contributed by atoms with Gasteiger partial charge in [-0.1, -0.05) is 24.3 Å². The molecule has 3 rings (SSSR count). The van der Waals surface area contributed by atoms with Crippen LogP contribution in [0, 0.1) is 4.91 Å². The lowest BCUT2D eigenvalue weighted by Gasteiger charge is -2.20. The number of nitrogens with zero attached hydrogens (tertiary/aromatic N) is 2. The van der Waals surface area contributed by atoms with E-state index in [1.54, 1.807) is 6.26 Å². The number of nitroso groups, excluding NO2 is 1. The maximum atomic E-state index is 13.0. The quantitative estimate of drug-likeness (QED) is 0.799. The summed E-state index contributed by atoms with van der Waals surface area (Å²) in [4.78, 5) is 15.1. The number of fused-ring (bicyclic) bond motifs is 2. The van der Waals surface area contributed by atoms with Gasteiger partial charge in [0.15, 0.2) is 0 Å². The summed E-state index contributed by atoms with van der Waals surface area (Å²) in [6.45, 7) is 0.847. The maximum absolute atomic E-state index is 13.0. The average Bonchev–Trinajstić information content (AvgIpc) is 2.52. The minimum absolute atomic E-state index is 0.236. The van der Waals surface area contributed by atoms with Gasteiger partial charge in [-0.25, -0.2) is 0 Å². The van der Waals surface area contributed by atoms with Crippen LogP contribution in [0.4, 0.5) is 0 Å². The van der Waals surface area contributed by atoms with E-state index in [0.717, 1.165) is 41.0 Å². The molecule has 1 aliphatic carbocycles. The van der Waals surface area contributed by atoms with Crippen molar-refractivity contribution in [2.45, 2.75) is 18.9 Å². The monoisotopic (exact) mass is 297 g/mol. The Hall–Kier alpha value is -2.20. The Balaban J connectivity index is 2.04. The van der Waals surface area contributed by atoms with Gasteiger partial charge in [0.1, 0.15) is 12.0 Å². The highest BCUT2D eigenvalue weighted by Crippen LogP contribution is 2.36. The molecule has 0 bridgehead atoms. The SMILES string of the molecule is CN(C)CCC1c2ccccc2O/C=C2/CC=CC=C2[N+]1=O. The van der Waals surface area contributed by atoms with Crippen LogP contribution in [0.15, 0.2) is 60.0 Å². The predicted molar refractivity (Wildman–Crippen MR) is 86.5 cm³/mol. The van der Waals surface area contributed by atoms with Crippen LogP contribution < -0.4 is 4.74 Å². The summed E-state index contributed by atoms with van der Waals surface area (Å²) in [5, 5.41) is 0. The van der Waals surface area contributed by atoms with E-state index in [1.165, 1.54) is 0 Å². The van der Waals surface area contributed by atoms with E-state index >= 15 is 0 Å². The molecule has 1 aromatic rings. The smallest absolute Gasteiger partial charge is 0.263 e. The first-order valence-corrected chi connectivity index (χ1v) is 7.59. The molecule has 0 N–H and O–H groups in total. The number of para-hydroxylation sites is 1. The molecule has 0 saturated carbocycles. The van der Waals surface area contributed by atoms with E-state index in [1.807, 2.05) is 56.6 Å². The van der Waals surface area contributed by atoms with Gasteiger partial charge in [-0.05, 0) is 26.2 Å². The molecule has 1 heterocycles. The van der Waals surface area contributed by atoms with Crippen LogP contribution in [-0.4, -0.2) is 30.3 Å². The topological polar surface area (TPSA) is 32.5 Å². The highest BCUT2D eigenvalue weighted by molar-refractivity contribution is 5.40. The molecule has 0 amide bonds. The van der Waals surface area contributed by atoms with Crippen molar-refractivity contribution in [3.63, 3.8) is 0 Å². The normalized spacial score (nSPS) is 22.7. The van der Waals surface area contributed by atoms with Gasteiger partial charge in [0.2, 0.25) is 6.04 Å². The van der Waals surface area contributed by atoms with E-state index in [2.05, 4.69) is 4.90 Å². The first-order chi connectivity index (χ1) is 10.7. The van der Waals surface area contributed by atoms with Crippen LogP contribution in [0.25, 0.3) is 0 Å². The Kier molecular flexibility index (Phi) is 4.20. The molecular formula is C18H21N2O2+. The summed E-state index contributed by atoms with van der Waals surface area (Å²) in [7, 11) is 4.04. The molecule has 1 aromatic carbocycles. The number of allylic oxidation sites excluding steroid dienone is 4. The summed E-state index contributed by atoms with van der Waals surface area (Å²) < 4.78 is 7.02. The molecule has 0 saturated heterocycles. The first kappa shape index (κ1) is 14.7. The van der Waals surface area contributed by atoms with Crippen molar-refractivity contribution in [3.8, 4) is 5.75 Å². The van der Waals surface area contributed by atoms with Crippen molar-refractivity contribution >= 4 is 0 Å². The second kappa shape index (κ2) is 6.28. The third kappa shape index (κ3) is 2.88. The van der Waals surface area contributed by atoms with Gasteiger partial charge in [0.25, 0.3) is 5.70 Å². The molecule has 114 valence electrons. The number of benzene rings is 1. The first-order valence-electron chi connectivity index (χ1n) is 7.59. The highest BCUT2D eigenvalue weighted by atomic mass is 16.5. The van der Waals surface area contributed by atoms with Gasteiger partial charge in [0.05, 0.1) is 11.1 Å². The van der Waals surface area contributed by atoms with Gasteiger partial charge >= 0.3 is 0 Å². The van der Waals surface area contributed by atoms with E-state index in [-0.39, 0.29) is 6.04 Å². The predicted octanol–water partition coefficient (Wildman–Crippen LogP) is 3.58. The average molecular weight is 297 g/mol. The summed E-state index contributed by atoms with van der Waals surface area (Å²) >= 11 is 0. The molecule has 1 aliphatic heterocycles. The second-order valence-corrected chi connectivity index (χ2v) is 5.92. The van der Waals surface area contributed by atoms with Gasteiger partial charge in [-0.15, -0.1) is 0 Å². The summed E-state index contributed by atoms with van der Waals surface area (Å²) in [6.07, 6.45) is 9.05. The Morgan fingerprint density at radius 1 is 1.32 bits per heavy atom. The van der Waals surface area contributed by atoms with Crippen LogP contribution in [0.1, 0.15) is 24.4 Å². The second-order valence-electron chi connectivity index (χ2n) is 5.92. The number of rotatable bonds is 3. The fourth-order valence-corrected chi connectivity index (χ4v) is 2.83. The van der Waals surface area contributed by atoms with Crippen LogP contribution in [0.2, 0.25) is 0 Å². The maximum Gasteiger partial charge on any atom is 0.263 e. The fraction of sp³-hybridized carbons (Fsp3) is 0.333. The lowest BCUT2D eigenvalue weighted by Crippen LogP contribution is -2.25. The number of hydrogen-bond acceptors (Lipinski definition) is 3. The summed E-state index contributed by atoms with van der Waals surface area (Å²) in [6, 6.07) is 7.57. The molecule has 0 aromatic heterocycles. The number of hydrogen-bond donors (Lipinski definition) is 0. The molecule has 0 spiro atoms. The van der Waals surface area contributed by atoms with Crippen molar-refractivity contribution in [2.75, 3.05) is 20.6 Å². The van der Waals surface area contributed by atoms with E-state index < -0.39 is 0 Å². The van der Waals surface area contributed by atoms with Crippen LogP contribution in [-0.2, 0) is 0 Å². The third-order valence-corrected chi connectivity index (χ3v) is 4.03. The van der Waals surface area contributed by atoms with Gasteiger partial charge < -0.3 is 9.64 Å². The van der Waals surface area contributed by atoms with E-state index in [0.29, 0.717) is 5.70 Å². The van der Waals surface area contributed by atoms with E-state index in [4.69, 9.17) is 4.74 Å². The van der Waals surface area contributed by atoms with Gasteiger partial charge in [-0.3, -0.25) is 0 Å². The molecule has 4 nitrogen and oxygen atoms in total. The van der Waals surface area contributed by atoms with E-state index in [9.17, 15) is 4.91 Å². The van der Waals surface area contributed by atoms with Crippen molar-refractivity contribution < 1.29 is 9.50 Å². The molecular weight excluding hydrogens is 276 g/mol. The van der Waals surface area contributed by atoms with Crippen molar-refractivity contribution in [1.29, 1.82) is 0 Å². The van der Waals surface area contributed by atoms with Crippen molar-refractivity contribution in [2.24, 2.45) is 0 Å². The highest BCUT2D eigenvalue weighted by Gasteiger charge is 2.37. The minimum Gasteiger partial charge on any atom is -0.464 e. The zero-order valence-electron chi connectivity index (χ0n) is 13.0. The largest absolute Gasteiger partial charge is 0.464 e. The minimum atomic E-state index is -0.236. The molecule has 1 atom stereocenters. The molecule has 2 aliphatic rings. The Morgan fingerprint density at radius 3 is 2.95 bits per heavy atom. The van der Waals surface area contributed by atoms with Gasteiger partial charge in [-0.2, -0.15) is 0 Å². The molecule has 0 fully saturated rings. The lowest BCUT2D eigenvalue weighted by atomic mass is 9.97. The third-order valence-electron chi connectivity index (χ3n) is 4.03. The van der Waals surface area contributed by atoms with Crippen LogP contribution in [0.3, 0.4) is 0 Å². The zero-order valence-corrected chi connectivity index (χ0v) is 13.0. The lowest BCUT2D eigenvalue weighted by molar-refractivity contribution is -0.544. The van der Waals surface area contributed by atoms with Crippen molar-refractivity contribution in [3.05, 3.63) is 70.5 Å². The summed E-state index contributed by atoms with van der Waals surface area (Å²) in [5.74, 6) is 0.771. The number of ether oxygens (including phenoxy) is 1. The summed E-state index contributed by atoms with van der Waals surface area (Å²) in [5.41, 5.74) is 2.59. The van der Waals surface area contributed by atoms with Crippen LogP contribution in [0.5, 0.6) is 5.75 Å². The Bertz CT molecular complexity index is 671. The molecule has 22 heavy (non-hydrogen) atoms. The fourth-order valence-electron chi connectivity index (χ4n) is 2.83. The van der Waals surface area contributed by atoms with Crippen molar-refractivity contribution in [1.82, 2.24) is 4.90 Å². The zero-order chi connectivity index (χ0) is 15.5. The van der Waals surface area contributed by atoms with Gasteiger partial charge in [0, 0.05) is 35.1 Å². The Labute approximate surface area is 131 Å². The molecule has 1 unspecified atom stereocenters.